The molecule has 0 heterocycles. The van der Waals surface area contributed by atoms with Crippen LogP contribution in [0, 0.1) is 5.82 Å². The first-order chi connectivity index (χ1) is 9.02. The zero-order valence-electron chi connectivity index (χ0n) is 11.0. The van der Waals surface area contributed by atoms with Crippen molar-refractivity contribution in [3.05, 3.63) is 28.5 Å². The number of benzene rings is 1. The van der Waals surface area contributed by atoms with Crippen LogP contribution in [0.5, 0.6) is 0 Å². The number of rotatable bonds is 8. The van der Waals surface area contributed by atoms with Gasteiger partial charge in [-0.25, -0.2) is 4.39 Å². The number of hydrogen-bond acceptors (Lipinski definition) is 4. The van der Waals surface area contributed by atoms with Crippen LogP contribution in [0.15, 0.2) is 22.7 Å². The molecule has 19 heavy (non-hydrogen) atoms. The summed E-state index contributed by atoms with van der Waals surface area (Å²) in [4.78, 5) is 0. The Kier molecular flexibility index (Phi) is 7.30. The van der Waals surface area contributed by atoms with Crippen molar-refractivity contribution >= 4 is 21.6 Å². The molecule has 0 bridgehead atoms. The Balaban J connectivity index is 2.31. The topological polar surface area (TPSA) is 50.7 Å². The van der Waals surface area contributed by atoms with Crippen molar-refractivity contribution in [1.82, 2.24) is 0 Å². The van der Waals surface area contributed by atoms with Crippen LogP contribution in [-0.4, -0.2) is 44.2 Å². The number of hydrogen-bond donors (Lipinski definition) is 2. The largest absolute Gasteiger partial charge is 0.389 e. The summed E-state index contributed by atoms with van der Waals surface area (Å²) in [5.74, 6) is -0.310. The number of aliphatic hydroxyl groups is 1. The Hall–Kier alpha value is -0.690. The smallest absolute Gasteiger partial charge is 0.124 e. The Labute approximate surface area is 121 Å². The highest BCUT2D eigenvalue weighted by molar-refractivity contribution is 9.10. The minimum atomic E-state index is -0.642. The van der Waals surface area contributed by atoms with Crippen LogP contribution in [-0.2, 0) is 9.47 Å². The van der Waals surface area contributed by atoms with Crippen molar-refractivity contribution in [2.45, 2.75) is 19.1 Å². The van der Waals surface area contributed by atoms with Gasteiger partial charge in [0.2, 0.25) is 0 Å². The maximum absolute atomic E-state index is 12.9. The summed E-state index contributed by atoms with van der Waals surface area (Å²) in [6.07, 6.45) is -0.700. The van der Waals surface area contributed by atoms with Gasteiger partial charge in [0.05, 0.1) is 25.4 Å². The normalized spacial score (nSPS) is 14.2. The summed E-state index contributed by atoms with van der Waals surface area (Å²) >= 11 is 3.25. The number of nitrogens with one attached hydrogen (secondary N) is 1. The Morgan fingerprint density at radius 3 is 2.79 bits per heavy atom. The molecule has 1 aromatic carbocycles. The molecule has 0 aliphatic heterocycles. The van der Waals surface area contributed by atoms with Gasteiger partial charge in [-0.15, -0.1) is 0 Å². The van der Waals surface area contributed by atoms with Crippen LogP contribution in [0.2, 0.25) is 0 Å². The number of aliphatic hydroxyl groups excluding tert-OH is 1. The van der Waals surface area contributed by atoms with E-state index in [1.54, 1.807) is 13.2 Å². The van der Waals surface area contributed by atoms with Crippen LogP contribution < -0.4 is 5.32 Å². The first kappa shape index (κ1) is 16.4. The van der Waals surface area contributed by atoms with Gasteiger partial charge in [-0.2, -0.15) is 0 Å². The monoisotopic (exact) mass is 335 g/mol. The van der Waals surface area contributed by atoms with E-state index in [4.69, 9.17) is 9.47 Å². The van der Waals surface area contributed by atoms with Gasteiger partial charge in [-0.3, -0.25) is 0 Å². The Bertz CT molecular complexity index is 392. The summed E-state index contributed by atoms with van der Waals surface area (Å²) < 4.78 is 23.8. The van der Waals surface area contributed by atoms with Crippen LogP contribution >= 0.6 is 15.9 Å². The highest BCUT2D eigenvalue weighted by Gasteiger charge is 2.09. The molecule has 108 valence electrons. The van der Waals surface area contributed by atoms with Crippen molar-refractivity contribution in [2.24, 2.45) is 0 Å². The summed E-state index contributed by atoms with van der Waals surface area (Å²) in [5, 5.41) is 12.8. The van der Waals surface area contributed by atoms with Gasteiger partial charge >= 0.3 is 0 Å². The summed E-state index contributed by atoms with van der Waals surface area (Å²) in [6.45, 7) is 2.91. The van der Waals surface area contributed by atoms with Gasteiger partial charge in [0.25, 0.3) is 0 Å². The maximum atomic E-state index is 12.9. The second-order valence-electron chi connectivity index (χ2n) is 4.26. The zero-order valence-corrected chi connectivity index (χ0v) is 12.6. The van der Waals surface area contributed by atoms with Gasteiger partial charge in [0, 0.05) is 23.8 Å². The molecule has 6 heteroatoms. The van der Waals surface area contributed by atoms with Crippen LogP contribution in [0.25, 0.3) is 0 Å². The van der Waals surface area contributed by atoms with E-state index in [0.717, 1.165) is 5.69 Å². The van der Waals surface area contributed by atoms with Crippen LogP contribution in [0.3, 0.4) is 0 Å². The first-order valence-corrected chi connectivity index (χ1v) is 6.79. The van der Waals surface area contributed by atoms with E-state index in [2.05, 4.69) is 21.2 Å². The molecule has 0 aromatic heterocycles. The van der Waals surface area contributed by atoms with E-state index in [1.807, 2.05) is 6.92 Å². The molecule has 0 aliphatic carbocycles. The average molecular weight is 336 g/mol. The van der Waals surface area contributed by atoms with Crippen molar-refractivity contribution in [3.63, 3.8) is 0 Å². The van der Waals surface area contributed by atoms with Crippen molar-refractivity contribution in [2.75, 3.05) is 32.2 Å². The van der Waals surface area contributed by atoms with Gasteiger partial charge < -0.3 is 19.9 Å². The lowest BCUT2D eigenvalue weighted by Gasteiger charge is -2.17. The lowest BCUT2D eigenvalue weighted by atomic mass is 10.3. The van der Waals surface area contributed by atoms with Crippen molar-refractivity contribution in [1.29, 1.82) is 0 Å². The third-order valence-electron chi connectivity index (χ3n) is 2.43. The Morgan fingerprint density at radius 2 is 2.16 bits per heavy atom. The van der Waals surface area contributed by atoms with Gasteiger partial charge in [-0.1, -0.05) is 0 Å². The van der Waals surface area contributed by atoms with Crippen LogP contribution in [0.4, 0.5) is 10.1 Å². The zero-order chi connectivity index (χ0) is 14.3. The third-order valence-corrected chi connectivity index (χ3v) is 3.09. The molecule has 0 amide bonds. The van der Waals surface area contributed by atoms with E-state index >= 15 is 0 Å². The molecule has 0 aliphatic rings. The van der Waals surface area contributed by atoms with Gasteiger partial charge in [0.15, 0.2) is 0 Å². The number of ether oxygens (including phenoxy) is 2. The first-order valence-electron chi connectivity index (χ1n) is 6.00. The fourth-order valence-electron chi connectivity index (χ4n) is 1.48. The number of methoxy groups -OCH3 is 1. The Morgan fingerprint density at radius 1 is 1.42 bits per heavy atom. The predicted molar refractivity (Wildman–Crippen MR) is 75.9 cm³/mol. The standard InChI is InChI=1S/C13H19BrFNO3/c1-9(7-18-2)19-8-11(17)6-16-13-4-3-10(15)5-12(13)14/h3-5,9,11,16-17H,6-8H2,1-2H3. The van der Waals surface area contributed by atoms with Crippen molar-refractivity contribution < 1.29 is 19.0 Å². The van der Waals surface area contributed by atoms with E-state index in [0.29, 0.717) is 17.6 Å². The average Bonchev–Trinajstić information content (AvgIpc) is 2.35. The van der Waals surface area contributed by atoms with E-state index in [9.17, 15) is 9.50 Å². The highest BCUT2D eigenvalue weighted by atomic mass is 79.9. The molecule has 1 aromatic rings. The molecular formula is C13H19BrFNO3. The molecule has 0 saturated heterocycles. The van der Waals surface area contributed by atoms with E-state index in [-0.39, 0.29) is 18.5 Å². The molecule has 0 radical (unpaired) electrons. The van der Waals surface area contributed by atoms with E-state index in [1.165, 1.54) is 12.1 Å². The fourth-order valence-corrected chi connectivity index (χ4v) is 1.97. The molecule has 4 nitrogen and oxygen atoms in total. The second-order valence-corrected chi connectivity index (χ2v) is 5.11. The number of anilines is 1. The summed E-state index contributed by atoms with van der Waals surface area (Å²) in [5.41, 5.74) is 0.727. The minimum Gasteiger partial charge on any atom is -0.389 e. The molecule has 0 spiro atoms. The SMILES string of the molecule is COCC(C)OCC(O)CNc1ccc(F)cc1Br. The maximum Gasteiger partial charge on any atom is 0.124 e. The molecule has 2 atom stereocenters. The summed E-state index contributed by atoms with van der Waals surface area (Å²) in [7, 11) is 1.60. The van der Waals surface area contributed by atoms with Crippen LogP contribution in [0.1, 0.15) is 6.92 Å². The molecule has 0 fully saturated rings. The van der Waals surface area contributed by atoms with E-state index < -0.39 is 6.10 Å². The fraction of sp³-hybridized carbons (Fsp3) is 0.538. The van der Waals surface area contributed by atoms with Gasteiger partial charge in [0.1, 0.15) is 5.82 Å². The molecule has 1 rings (SSSR count). The molecule has 2 N–H and O–H groups in total. The highest BCUT2D eigenvalue weighted by Crippen LogP contribution is 2.22. The lowest BCUT2D eigenvalue weighted by molar-refractivity contribution is -0.0282. The minimum absolute atomic E-state index is 0.0581. The van der Waals surface area contributed by atoms with Crippen molar-refractivity contribution in [3.8, 4) is 0 Å². The molecular weight excluding hydrogens is 317 g/mol. The predicted octanol–water partition coefficient (Wildman–Crippen LogP) is 2.41. The quantitative estimate of drug-likeness (QED) is 0.766. The van der Waals surface area contributed by atoms with Gasteiger partial charge in [-0.05, 0) is 41.1 Å². The second kappa shape index (κ2) is 8.47. The lowest BCUT2D eigenvalue weighted by Crippen LogP contribution is -2.28. The summed E-state index contributed by atoms with van der Waals surface area (Å²) in [6, 6.07) is 4.34. The third kappa shape index (κ3) is 6.33. The number of halogens is 2. The molecule has 0 saturated carbocycles. The molecule has 2 unspecified atom stereocenters.